The molecule has 2 N–H and O–H groups in total. The first-order valence-electron chi connectivity index (χ1n) is 4.00. The maximum Gasteiger partial charge on any atom is 0.0538 e. The van der Waals surface area contributed by atoms with Crippen molar-refractivity contribution >= 4 is 0 Å². The van der Waals surface area contributed by atoms with Crippen LogP contribution < -0.4 is 5.73 Å². The minimum Gasteiger partial charge on any atom is -0.378 e. The van der Waals surface area contributed by atoms with Crippen molar-refractivity contribution in [2.75, 3.05) is 13.2 Å². The van der Waals surface area contributed by atoms with Crippen molar-refractivity contribution in [2.45, 2.75) is 32.8 Å². The lowest BCUT2D eigenvalue weighted by molar-refractivity contribution is 0.0458. The van der Waals surface area contributed by atoms with Crippen LogP contribution >= 0.6 is 0 Å². The molecule has 0 atom stereocenters. The summed E-state index contributed by atoms with van der Waals surface area (Å²) in [5, 5.41) is 0. The molecule has 0 aromatic rings. The fourth-order valence-corrected chi connectivity index (χ4v) is 0.928. The second-order valence-electron chi connectivity index (χ2n) is 3.56. The average Bonchev–Trinajstić information content (AvgIpc) is 2.64. The van der Waals surface area contributed by atoms with Crippen LogP contribution in [0.4, 0.5) is 0 Å². The molecule has 0 aromatic carbocycles. The Hall–Kier alpha value is -0.0800. The van der Waals surface area contributed by atoms with E-state index in [1.54, 1.807) is 0 Å². The van der Waals surface area contributed by atoms with Gasteiger partial charge in [0.25, 0.3) is 0 Å². The van der Waals surface area contributed by atoms with Gasteiger partial charge in [-0.15, -0.1) is 0 Å². The van der Waals surface area contributed by atoms with Crippen LogP contribution in [-0.4, -0.2) is 19.3 Å². The quantitative estimate of drug-likeness (QED) is 0.640. The predicted octanol–water partition coefficient (Wildman–Crippen LogP) is 1.15. The number of hydrogen-bond acceptors (Lipinski definition) is 2. The number of ether oxygens (including phenoxy) is 1. The topological polar surface area (TPSA) is 35.2 Å². The van der Waals surface area contributed by atoms with E-state index in [1.165, 1.54) is 12.8 Å². The zero-order valence-electron chi connectivity index (χ0n) is 6.89. The Morgan fingerprint density at radius 2 is 2.10 bits per heavy atom. The first-order chi connectivity index (χ1) is 4.68. The SMILES string of the molecule is CC(C)OCC1(CN)CC1. The molecule has 1 fully saturated rings. The van der Waals surface area contributed by atoms with Crippen molar-refractivity contribution in [3.8, 4) is 0 Å². The Morgan fingerprint density at radius 1 is 1.50 bits per heavy atom. The van der Waals surface area contributed by atoms with Crippen molar-refractivity contribution in [2.24, 2.45) is 11.1 Å². The summed E-state index contributed by atoms with van der Waals surface area (Å²) in [4.78, 5) is 0. The lowest BCUT2D eigenvalue weighted by Gasteiger charge is -2.14. The van der Waals surface area contributed by atoms with Crippen LogP contribution in [0.5, 0.6) is 0 Å². The van der Waals surface area contributed by atoms with E-state index in [0.29, 0.717) is 11.5 Å². The Balaban J connectivity index is 2.13. The molecule has 0 bridgehead atoms. The first-order valence-corrected chi connectivity index (χ1v) is 4.00. The van der Waals surface area contributed by atoms with Crippen LogP contribution in [0.15, 0.2) is 0 Å². The molecule has 1 aliphatic carbocycles. The highest BCUT2D eigenvalue weighted by molar-refractivity contribution is 4.93. The number of nitrogens with two attached hydrogens (primary N) is 1. The lowest BCUT2D eigenvalue weighted by Crippen LogP contribution is -2.22. The van der Waals surface area contributed by atoms with Gasteiger partial charge in [-0.1, -0.05) is 0 Å². The summed E-state index contributed by atoms with van der Waals surface area (Å²) in [6.45, 7) is 5.78. The van der Waals surface area contributed by atoms with Crippen molar-refractivity contribution in [1.29, 1.82) is 0 Å². The second kappa shape index (κ2) is 2.89. The van der Waals surface area contributed by atoms with Gasteiger partial charge in [0.15, 0.2) is 0 Å². The van der Waals surface area contributed by atoms with Crippen LogP contribution in [0, 0.1) is 5.41 Å². The highest BCUT2D eigenvalue weighted by atomic mass is 16.5. The van der Waals surface area contributed by atoms with Gasteiger partial charge in [0.2, 0.25) is 0 Å². The smallest absolute Gasteiger partial charge is 0.0538 e. The molecule has 0 heterocycles. The molecule has 0 amide bonds. The van der Waals surface area contributed by atoms with Crippen LogP contribution in [0.3, 0.4) is 0 Å². The van der Waals surface area contributed by atoms with E-state index in [0.717, 1.165) is 13.2 Å². The van der Waals surface area contributed by atoms with Crippen molar-refractivity contribution in [1.82, 2.24) is 0 Å². The molecule has 0 radical (unpaired) electrons. The van der Waals surface area contributed by atoms with E-state index in [1.807, 2.05) is 0 Å². The van der Waals surface area contributed by atoms with Gasteiger partial charge in [0, 0.05) is 12.0 Å². The summed E-state index contributed by atoms with van der Waals surface area (Å²) in [6, 6.07) is 0. The molecule has 0 unspecified atom stereocenters. The van der Waals surface area contributed by atoms with E-state index in [-0.39, 0.29) is 0 Å². The van der Waals surface area contributed by atoms with Gasteiger partial charge in [-0.05, 0) is 26.7 Å². The molecule has 0 aromatic heterocycles. The first kappa shape index (κ1) is 8.02. The largest absolute Gasteiger partial charge is 0.378 e. The van der Waals surface area contributed by atoms with E-state index in [4.69, 9.17) is 10.5 Å². The number of hydrogen-bond donors (Lipinski definition) is 1. The summed E-state index contributed by atoms with van der Waals surface area (Å²) in [5.41, 5.74) is 5.95. The van der Waals surface area contributed by atoms with Crippen LogP contribution in [0.25, 0.3) is 0 Å². The van der Waals surface area contributed by atoms with Crippen molar-refractivity contribution in [3.63, 3.8) is 0 Å². The van der Waals surface area contributed by atoms with E-state index in [2.05, 4.69) is 13.8 Å². The predicted molar refractivity (Wildman–Crippen MR) is 41.8 cm³/mol. The summed E-state index contributed by atoms with van der Waals surface area (Å²) in [5.74, 6) is 0. The summed E-state index contributed by atoms with van der Waals surface area (Å²) in [7, 11) is 0. The number of rotatable bonds is 4. The van der Waals surface area contributed by atoms with Crippen molar-refractivity contribution < 1.29 is 4.74 Å². The summed E-state index contributed by atoms with van der Waals surface area (Å²) >= 11 is 0. The molecule has 2 heteroatoms. The zero-order chi connectivity index (χ0) is 7.61. The molecule has 1 aliphatic rings. The molecular formula is C8H17NO. The molecule has 2 nitrogen and oxygen atoms in total. The molecule has 1 rings (SSSR count). The van der Waals surface area contributed by atoms with Gasteiger partial charge in [-0.25, -0.2) is 0 Å². The van der Waals surface area contributed by atoms with Gasteiger partial charge in [0.1, 0.15) is 0 Å². The molecule has 10 heavy (non-hydrogen) atoms. The maximum atomic E-state index is 5.58. The summed E-state index contributed by atoms with van der Waals surface area (Å²) < 4.78 is 5.48. The highest BCUT2D eigenvalue weighted by Gasteiger charge is 2.41. The van der Waals surface area contributed by atoms with Crippen LogP contribution in [0.1, 0.15) is 26.7 Å². The molecule has 1 saturated carbocycles. The van der Waals surface area contributed by atoms with Gasteiger partial charge >= 0.3 is 0 Å². The van der Waals surface area contributed by atoms with Gasteiger partial charge in [-0.3, -0.25) is 0 Å². The Labute approximate surface area is 62.7 Å². The molecule has 0 spiro atoms. The Morgan fingerprint density at radius 3 is 2.40 bits per heavy atom. The Kier molecular flexibility index (Phi) is 2.32. The normalized spacial score (nSPS) is 21.6. The van der Waals surface area contributed by atoms with Gasteiger partial charge < -0.3 is 10.5 Å². The minimum atomic E-state index is 0.351. The van der Waals surface area contributed by atoms with E-state index >= 15 is 0 Å². The minimum absolute atomic E-state index is 0.351. The van der Waals surface area contributed by atoms with Gasteiger partial charge in [0.05, 0.1) is 12.7 Å². The fourth-order valence-electron chi connectivity index (χ4n) is 0.928. The fraction of sp³-hybridized carbons (Fsp3) is 1.00. The van der Waals surface area contributed by atoms with E-state index in [9.17, 15) is 0 Å². The Bertz CT molecular complexity index is 108. The van der Waals surface area contributed by atoms with E-state index < -0.39 is 0 Å². The molecule has 60 valence electrons. The zero-order valence-corrected chi connectivity index (χ0v) is 6.89. The molecule has 0 saturated heterocycles. The van der Waals surface area contributed by atoms with Crippen LogP contribution in [-0.2, 0) is 4.74 Å². The monoisotopic (exact) mass is 143 g/mol. The summed E-state index contributed by atoms with van der Waals surface area (Å²) in [6.07, 6.45) is 2.87. The second-order valence-corrected chi connectivity index (χ2v) is 3.56. The third kappa shape index (κ3) is 1.96. The average molecular weight is 143 g/mol. The maximum absolute atomic E-state index is 5.58. The van der Waals surface area contributed by atoms with Crippen molar-refractivity contribution in [3.05, 3.63) is 0 Å². The lowest BCUT2D eigenvalue weighted by atomic mass is 10.1. The van der Waals surface area contributed by atoms with Crippen LogP contribution in [0.2, 0.25) is 0 Å². The third-order valence-corrected chi connectivity index (χ3v) is 2.11. The molecular weight excluding hydrogens is 126 g/mol. The standard InChI is InChI=1S/C8H17NO/c1-7(2)10-6-8(5-9)3-4-8/h7H,3-6,9H2,1-2H3. The molecule has 0 aliphatic heterocycles. The third-order valence-electron chi connectivity index (χ3n) is 2.11. The highest BCUT2D eigenvalue weighted by Crippen LogP contribution is 2.44. The van der Waals surface area contributed by atoms with Gasteiger partial charge in [-0.2, -0.15) is 0 Å².